The van der Waals surface area contributed by atoms with Crippen LogP contribution in [0, 0.1) is 6.92 Å². The van der Waals surface area contributed by atoms with Crippen molar-refractivity contribution in [3.63, 3.8) is 0 Å². The molecule has 1 aromatic heterocycles. The van der Waals surface area contributed by atoms with Crippen LogP contribution in [-0.4, -0.2) is 28.7 Å². The number of para-hydroxylation sites is 2. The van der Waals surface area contributed by atoms with E-state index in [-0.39, 0.29) is 6.54 Å². The minimum atomic E-state index is -0.965. The van der Waals surface area contributed by atoms with Crippen LogP contribution in [0.4, 0.5) is 10.8 Å². The average molecular weight is 276 g/mol. The van der Waals surface area contributed by atoms with Crippen LogP contribution >= 0.6 is 11.3 Å². The fourth-order valence-electron chi connectivity index (χ4n) is 2.01. The number of aromatic nitrogens is 1. The predicted octanol–water partition coefficient (Wildman–Crippen LogP) is 2.44. The number of thiazole rings is 1. The molecule has 0 saturated heterocycles. The van der Waals surface area contributed by atoms with Gasteiger partial charge in [0.15, 0.2) is 5.13 Å². The first kappa shape index (κ1) is 12.0. The molecule has 1 unspecified atom stereocenters. The fourth-order valence-corrected chi connectivity index (χ4v) is 2.84. The summed E-state index contributed by atoms with van der Waals surface area (Å²) in [7, 11) is 0. The summed E-state index contributed by atoms with van der Waals surface area (Å²) in [6.07, 6.45) is -0.876. The molecule has 1 aliphatic heterocycles. The van der Waals surface area contributed by atoms with E-state index in [0.717, 1.165) is 16.5 Å². The second kappa shape index (κ2) is 4.55. The van der Waals surface area contributed by atoms with E-state index in [1.807, 2.05) is 35.4 Å². The highest BCUT2D eigenvalue weighted by molar-refractivity contribution is 7.13. The number of carboxylic acids is 1. The number of benzene rings is 1. The number of aryl methyl sites for hydroxylation is 1. The third-order valence-electron chi connectivity index (χ3n) is 2.89. The van der Waals surface area contributed by atoms with E-state index in [1.165, 1.54) is 11.3 Å². The lowest BCUT2D eigenvalue weighted by Gasteiger charge is -2.32. The first-order chi connectivity index (χ1) is 9.15. The number of rotatable bonds is 2. The molecule has 0 saturated carbocycles. The first-order valence-corrected chi connectivity index (χ1v) is 6.71. The van der Waals surface area contributed by atoms with Gasteiger partial charge in [-0.3, -0.25) is 0 Å². The number of anilines is 2. The maximum absolute atomic E-state index is 11.2. The van der Waals surface area contributed by atoms with Crippen LogP contribution in [0.2, 0.25) is 0 Å². The Bertz CT molecular complexity index is 626. The number of carbonyl (C=O) groups is 1. The number of ether oxygens (including phenoxy) is 1. The van der Waals surface area contributed by atoms with Crippen molar-refractivity contribution in [1.82, 2.24) is 4.98 Å². The van der Waals surface area contributed by atoms with Crippen molar-refractivity contribution >= 4 is 28.1 Å². The van der Waals surface area contributed by atoms with Crippen molar-refractivity contribution in [3.8, 4) is 5.75 Å². The summed E-state index contributed by atoms with van der Waals surface area (Å²) in [5, 5.41) is 11.9. The van der Waals surface area contributed by atoms with E-state index >= 15 is 0 Å². The third-order valence-corrected chi connectivity index (χ3v) is 3.87. The van der Waals surface area contributed by atoms with Crippen LogP contribution < -0.4 is 9.64 Å². The molecular formula is C13H12N2O3S. The summed E-state index contributed by atoms with van der Waals surface area (Å²) < 4.78 is 5.49. The molecule has 19 heavy (non-hydrogen) atoms. The zero-order chi connectivity index (χ0) is 13.4. The van der Waals surface area contributed by atoms with Gasteiger partial charge < -0.3 is 14.7 Å². The summed E-state index contributed by atoms with van der Waals surface area (Å²) in [6, 6.07) is 7.41. The zero-order valence-corrected chi connectivity index (χ0v) is 11.1. The van der Waals surface area contributed by atoms with Crippen molar-refractivity contribution in [2.24, 2.45) is 0 Å². The van der Waals surface area contributed by atoms with Gasteiger partial charge in [-0.15, -0.1) is 11.3 Å². The van der Waals surface area contributed by atoms with Crippen LogP contribution in [0.1, 0.15) is 5.69 Å². The summed E-state index contributed by atoms with van der Waals surface area (Å²) in [5.74, 6) is -0.387. The molecule has 98 valence electrons. The molecule has 1 aliphatic rings. The minimum absolute atomic E-state index is 0.263. The van der Waals surface area contributed by atoms with Crippen molar-refractivity contribution in [3.05, 3.63) is 35.3 Å². The number of hydrogen-bond donors (Lipinski definition) is 1. The zero-order valence-electron chi connectivity index (χ0n) is 10.2. The Hall–Kier alpha value is -2.08. The number of carboxylic acid groups (broad SMARTS) is 1. The lowest BCUT2D eigenvalue weighted by atomic mass is 10.2. The van der Waals surface area contributed by atoms with Gasteiger partial charge in [-0.1, -0.05) is 12.1 Å². The quantitative estimate of drug-likeness (QED) is 0.912. The number of fused-ring (bicyclic) bond motifs is 1. The number of nitrogens with zero attached hydrogens (tertiary/aromatic N) is 2. The van der Waals surface area contributed by atoms with Gasteiger partial charge in [-0.05, 0) is 19.1 Å². The molecule has 5 nitrogen and oxygen atoms in total. The van der Waals surface area contributed by atoms with Crippen molar-refractivity contribution in [2.75, 3.05) is 11.4 Å². The minimum Gasteiger partial charge on any atom is -0.478 e. The van der Waals surface area contributed by atoms with E-state index in [4.69, 9.17) is 9.84 Å². The van der Waals surface area contributed by atoms with Gasteiger partial charge in [0.05, 0.1) is 17.9 Å². The third kappa shape index (κ3) is 2.15. The maximum Gasteiger partial charge on any atom is 0.346 e. The van der Waals surface area contributed by atoms with Gasteiger partial charge in [0.25, 0.3) is 0 Å². The van der Waals surface area contributed by atoms with Gasteiger partial charge in [0.2, 0.25) is 6.10 Å². The highest BCUT2D eigenvalue weighted by Crippen LogP contribution is 2.38. The number of aliphatic carboxylic acids is 1. The second-order valence-corrected chi connectivity index (χ2v) is 5.13. The molecule has 3 rings (SSSR count). The van der Waals surface area contributed by atoms with Gasteiger partial charge >= 0.3 is 5.97 Å². The van der Waals surface area contributed by atoms with Crippen LogP contribution in [0.15, 0.2) is 29.6 Å². The monoisotopic (exact) mass is 276 g/mol. The van der Waals surface area contributed by atoms with E-state index < -0.39 is 12.1 Å². The molecule has 1 aromatic carbocycles. The van der Waals surface area contributed by atoms with Crippen molar-refractivity contribution in [2.45, 2.75) is 13.0 Å². The topological polar surface area (TPSA) is 62.7 Å². The van der Waals surface area contributed by atoms with Crippen LogP contribution in [0.25, 0.3) is 0 Å². The molecule has 1 N–H and O–H groups in total. The van der Waals surface area contributed by atoms with Gasteiger partial charge in [-0.2, -0.15) is 0 Å². The van der Waals surface area contributed by atoms with Crippen molar-refractivity contribution in [1.29, 1.82) is 0 Å². The molecule has 0 bridgehead atoms. The lowest BCUT2D eigenvalue weighted by molar-refractivity contribution is -0.144. The highest BCUT2D eigenvalue weighted by atomic mass is 32.1. The molecule has 0 fully saturated rings. The normalized spacial score (nSPS) is 17.7. The predicted molar refractivity (Wildman–Crippen MR) is 72.4 cm³/mol. The molecule has 0 spiro atoms. The average Bonchev–Trinajstić information content (AvgIpc) is 2.84. The van der Waals surface area contributed by atoms with Crippen LogP contribution in [-0.2, 0) is 4.79 Å². The maximum atomic E-state index is 11.2. The Morgan fingerprint density at radius 1 is 1.53 bits per heavy atom. The van der Waals surface area contributed by atoms with E-state index in [1.54, 1.807) is 6.07 Å². The van der Waals surface area contributed by atoms with Gasteiger partial charge in [0, 0.05) is 5.38 Å². The van der Waals surface area contributed by atoms with E-state index in [0.29, 0.717) is 5.75 Å². The summed E-state index contributed by atoms with van der Waals surface area (Å²) in [5.41, 5.74) is 1.78. The Morgan fingerprint density at radius 2 is 2.32 bits per heavy atom. The summed E-state index contributed by atoms with van der Waals surface area (Å²) >= 11 is 1.50. The summed E-state index contributed by atoms with van der Waals surface area (Å²) in [4.78, 5) is 17.5. The van der Waals surface area contributed by atoms with Crippen molar-refractivity contribution < 1.29 is 14.6 Å². The first-order valence-electron chi connectivity index (χ1n) is 5.83. The highest BCUT2D eigenvalue weighted by Gasteiger charge is 2.32. The molecule has 6 heteroatoms. The van der Waals surface area contributed by atoms with E-state index in [2.05, 4.69) is 4.98 Å². The largest absolute Gasteiger partial charge is 0.478 e. The lowest BCUT2D eigenvalue weighted by Crippen LogP contribution is -2.42. The molecule has 0 radical (unpaired) electrons. The van der Waals surface area contributed by atoms with E-state index in [9.17, 15) is 4.79 Å². The molecular weight excluding hydrogens is 264 g/mol. The fraction of sp³-hybridized carbons (Fsp3) is 0.231. The van der Waals surface area contributed by atoms with Gasteiger partial charge in [0.1, 0.15) is 5.75 Å². The standard InChI is InChI=1S/C13H12N2O3S/c1-8-7-19-13(14-8)15-6-11(12(16)17)18-10-5-3-2-4-9(10)15/h2-5,7,11H,6H2,1H3,(H,16,17). The van der Waals surface area contributed by atoms with Gasteiger partial charge in [-0.25, -0.2) is 9.78 Å². The molecule has 2 heterocycles. The molecule has 0 aliphatic carbocycles. The molecule has 0 amide bonds. The SMILES string of the molecule is Cc1csc(N2CC(C(=O)O)Oc3ccccc32)n1. The molecule has 2 aromatic rings. The Labute approximate surface area is 114 Å². The Kier molecular flexibility index (Phi) is 2.87. The van der Waals surface area contributed by atoms with Crippen LogP contribution in [0.3, 0.4) is 0 Å². The van der Waals surface area contributed by atoms with Crippen LogP contribution in [0.5, 0.6) is 5.75 Å². The summed E-state index contributed by atoms with van der Waals surface area (Å²) in [6.45, 7) is 2.18. The second-order valence-electron chi connectivity index (χ2n) is 4.29. The Morgan fingerprint density at radius 3 is 3.00 bits per heavy atom. The smallest absolute Gasteiger partial charge is 0.346 e. The number of hydrogen-bond acceptors (Lipinski definition) is 5. The Balaban J connectivity index is 2.05. The molecule has 1 atom stereocenters.